The van der Waals surface area contributed by atoms with Gasteiger partial charge in [0, 0.05) is 5.56 Å². The number of carbonyl (C=O) groups excluding carboxylic acids is 1. The van der Waals surface area contributed by atoms with E-state index in [0.717, 1.165) is 7.11 Å². The minimum Gasteiger partial charge on any atom is -0.504 e. The molecular weight excluding hydrogens is 254 g/mol. The highest BCUT2D eigenvalue weighted by Gasteiger charge is 2.30. The number of aromatic nitrogens is 1. The number of nitro groups is 1. The van der Waals surface area contributed by atoms with E-state index in [4.69, 9.17) is 0 Å². The summed E-state index contributed by atoms with van der Waals surface area (Å²) < 4.78 is 29.8. The Morgan fingerprint density at radius 3 is 2.72 bits per heavy atom. The maximum absolute atomic E-state index is 12.8. The van der Waals surface area contributed by atoms with E-state index in [-0.39, 0.29) is 0 Å². The Morgan fingerprint density at radius 2 is 2.28 bits per heavy atom. The molecule has 0 fully saturated rings. The van der Waals surface area contributed by atoms with Crippen LogP contribution in [-0.2, 0) is 16.0 Å². The van der Waals surface area contributed by atoms with Gasteiger partial charge in [0.2, 0.25) is 0 Å². The number of aromatic hydroxyl groups is 1. The summed E-state index contributed by atoms with van der Waals surface area (Å²) in [6.07, 6.45) is -3.31. The zero-order chi connectivity index (χ0) is 13.9. The Kier molecular flexibility index (Phi) is 4.08. The molecule has 18 heavy (non-hydrogen) atoms. The van der Waals surface area contributed by atoms with Crippen molar-refractivity contribution in [2.75, 3.05) is 7.11 Å². The van der Waals surface area contributed by atoms with Gasteiger partial charge >= 0.3 is 11.8 Å². The SMILES string of the molecule is COC(=O)Cc1c(O)cnc([N+](=O)[O-])c1C(F)F. The number of hydrogen-bond acceptors (Lipinski definition) is 6. The first-order valence-corrected chi connectivity index (χ1v) is 4.58. The number of carbonyl (C=O) groups is 1. The van der Waals surface area contributed by atoms with E-state index >= 15 is 0 Å². The van der Waals surface area contributed by atoms with Crippen molar-refractivity contribution in [1.82, 2.24) is 4.98 Å². The standard InChI is InChI=1S/C9H8F2N2O5/c1-18-6(15)2-4-5(14)3-12-9(13(16)17)7(4)8(10)11/h3,8,14H,2H2,1H3. The third kappa shape index (κ3) is 2.67. The third-order valence-electron chi connectivity index (χ3n) is 2.12. The van der Waals surface area contributed by atoms with Gasteiger partial charge in [-0.05, 0) is 9.91 Å². The number of ether oxygens (including phenoxy) is 1. The van der Waals surface area contributed by atoms with Gasteiger partial charge in [-0.2, -0.15) is 0 Å². The van der Waals surface area contributed by atoms with E-state index in [1.807, 2.05) is 0 Å². The summed E-state index contributed by atoms with van der Waals surface area (Å²) in [5.41, 5.74) is -1.64. The van der Waals surface area contributed by atoms with E-state index in [1.165, 1.54) is 0 Å². The molecule has 0 aliphatic rings. The highest BCUT2D eigenvalue weighted by Crippen LogP contribution is 2.35. The van der Waals surface area contributed by atoms with Crippen LogP contribution in [0.2, 0.25) is 0 Å². The monoisotopic (exact) mass is 262 g/mol. The highest BCUT2D eigenvalue weighted by atomic mass is 19.3. The van der Waals surface area contributed by atoms with Crippen LogP contribution in [0.5, 0.6) is 5.75 Å². The number of halogens is 2. The molecule has 0 radical (unpaired) electrons. The van der Waals surface area contributed by atoms with Crippen molar-refractivity contribution in [3.8, 4) is 5.75 Å². The average molecular weight is 262 g/mol. The summed E-state index contributed by atoms with van der Waals surface area (Å²) in [6.45, 7) is 0. The minimum atomic E-state index is -3.25. The van der Waals surface area contributed by atoms with Gasteiger partial charge in [0.15, 0.2) is 11.9 Å². The van der Waals surface area contributed by atoms with Crippen molar-refractivity contribution in [1.29, 1.82) is 0 Å². The van der Waals surface area contributed by atoms with Crippen LogP contribution in [0.4, 0.5) is 14.6 Å². The summed E-state index contributed by atoms with van der Waals surface area (Å²) in [4.78, 5) is 23.6. The van der Waals surface area contributed by atoms with Gasteiger partial charge in [-0.25, -0.2) is 8.78 Å². The maximum atomic E-state index is 12.8. The first-order chi connectivity index (χ1) is 8.38. The molecule has 1 aromatic rings. The fourth-order valence-corrected chi connectivity index (χ4v) is 1.32. The molecule has 0 atom stereocenters. The van der Waals surface area contributed by atoms with E-state index in [0.29, 0.717) is 6.20 Å². The first-order valence-electron chi connectivity index (χ1n) is 4.58. The molecule has 0 saturated heterocycles. The van der Waals surface area contributed by atoms with Crippen LogP contribution < -0.4 is 0 Å². The Hall–Kier alpha value is -2.32. The number of nitrogens with zero attached hydrogens (tertiary/aromatic N) is 2. The Morgan fingerprint density at radius 1 is 1.67 bits per heavy atom. The van der Waals surface area contributed by atoms with Crippen molar-refractivity contribution in [2.24, 2.45) is 0 Å². The second-order valence-corrected chi connectivity index (χ2v) is 3.17. The lowest BCUT2D eigenvalue weighted by atomic mass is 10.1. The molecule has 0 unspecified atom stereocenters. The highest BCUT2D eigenvalue weighted by molar-refractivity contribution is 5.74. The van der Waals surface area contributed by atoms with Crippen LogP contribution in [0.3, 0.4) is 0 Å². The predicted molar refractivity (Wildman–Crippen MR) is 53.2 cm³/mol. The fourth-order valence-electron chi connectivity index (χ4n) is 1.32. The van der Waals surface area contributed by atoms with Gasteiger partial charge in [-0.1, -0.05) is 0 Å². The van der Waals surface area contributed by atoms with Gasteiger partial charge in [-0.15, -0.1) is 0 Å². The molecule has 98 valence electrons. The molecule has 1 N–H and O–H groups in total. The topological polar surface area (TPSA) is 103 Å². The Balaban J connectivity index is 3.41. The summed E-state index contributed by atoms with van der Waals surface area (Å²) in [5.74, 6) is -2.73. The van der Waals surface area contributed by atoms with Crippen LogP contribution in [0.15, 0.2) is 6.20 Å². The molecule has 0 aliphatic heterocycles. The molecule has 0 saturated carbocycles. The number of alkyl halides is 2. The third-order valence-corrected chi connectivity index (χ3v) is 2.12. The quantitative estimate of drug-likeness (QED) is 0.499. The zero-order valence-electron chi connectivity index (χ0n) is 9.09. The molecule has 0 bridgehead atoms. The lowest BCUT2D eigenvalue weighted by Gasteiger charge is -2.09. The largest absolute Gasteiger partial charge is 0.504 e. The van der Waals surface area contributed by atoms with Crippen LogP contribution in [-0.4, -0.2) is 28.1 Å². The van der Waals surface area contributed by atoms with Gasteiger partial charge in [0.1, 0.15) is 5.56 Å². The minimum absolute atomic E-state index is 0.557. The predicted octanol–water partition coefficient (Wildman–Crippen LogP) is 1.35. The molecule has 9 heteroatoms. The van der Waals surface area contributed by atoms with E-state index in [1.54, 1.807) is 0 Å². The normalized spacial score (nSPS) is 10.4. The molecule has 1 rings (SSSR count). The molecule has 0 aromatic carbocycles. The second kappa shape index (κ2) is 5.34. The number of pyridine rings is 1. The maximum Gasteiger partial charge on any atom is 0.372 e. The Labute approximate surface area is 99.2 Å². The number of esters is 1. The summed E-state index contributed by atoms with van der Waals surface area (Å²) in [6, 6.07) is 0. The second-order valence-electron chi connectivity index (χ2n) is 3.17. The smallest absolute Gasteiger partial charge is 0.372 e. The number of rotatable bonds is 4. The summed E-state index contributed by atoms with van der Waals surface area (Å²) in [5, 5.41) is 19.9. The zero-order valence-corrected chi connectivity index (χ0v) is 9.09. The number of methoxy groups -OCH3 is 1. The first kappa shape index (κ1) is 13.7. The van der Waals surface area contributed by atoms with Gasteiger partial charge in [0.05, 0.1) is 13.5 Å². The van der Waals surface area contributed by atoms with Gasteiger partial charge < -0.3 is 20.0 Å². The average Bonchev–Trinajstić information content (AvgIpc) is 2.30. The molecule has 1 aromatic heterocycles. The van der Waals surface area contributed by atoms with Crippen LogP contribution >= 0.6 is 0 Å². The van der Waals surface area contributed by atoms with Crippen LogP contribution in [0, 0.1) is 10.1 Å². The molecule has 7 nitrogen and oxygen atoms in total. The lowest BCUT2D eigenvalue weighted by Crippen LogP contribution is -2.10. The summed E-state index contributed by atoms with van der Waals surface area (Å²) in [7, 11) is 1.02. The van der Waals surface area contributed by atoms with Gasteiger partial charge in [0.25, 0.3) is 6.43 Å². The van der Waals surface area contributed by atoms with Crippen molar-refractivity contribution in [2.45, 2.75) is 12.8 Å². The number of hydrogen-bond donors (Lipinski definition) is 1. The van der Waals surface area contributed by atoms with Crippen molar-refractivity contribution < 1.29 is 28.3 Å². The fraction of sp³-hybridized carbons (Fsp3) is 0.333. The molecule has 0 aliphatic carbocycles. The van der Waals surface area contributed by atoms with E-state index in [2.05, 4.69) is 9.72 Å². The van der Waals surface area contributed by atoms with E-state index < -0.39 is 46.4 Å². The van der Waals surface area contributed by atoms with Gasteiger partial charge in [-0.3, -0.25) is 4.79 Å². The van der Waals surface area contributed by atoms with Crippen LogP contribution in [0.25, 0.3) is 0 Å². The van der Waals surface area contributed by atoms with E-state index in [9.17, 15) is 28.8 Å². The Bertz CT molecular complexity index is 492. The van der Waals surface area contributed by atoms with Crippen LogP contribution in [0.1, 0.15) is 17.6 Å². The summed E-state index contributed by atoms with van der Waals surface area (Å²) >= 11 is 0. The van der Waals surface area contributed by atoms with Crippen molar-refractivity contribution >= 4 is 11.8 Å². The lowest BCUT2D eigenvalue weighted by molar-refractivity contribution is -0.391. The van der Waals surface area contributed by atoms with Crippen molar-refractivity contribution in [3.63, 3.8) is 0 Å². The molecular formula is C9H8F2N2O5. The molecule has 0 amide bonds. The van der Waals surface area contributed by atoms with Crippen molar-refractivity contribution in [3.05, 3.63) is 27.4 Å². The molecule has 0 spiro atoms. The molecule has 1 heterocycles.